The van der Waals surface area contributed by atoms with Gasteiger partial charge in [0.2, 0.25) is 0 Å². The molecule has 102 valence electrons. The van der Waals surface area contributed by atoms with Gasteiger partial charge in [0.15, 0.2) is 0 Å². The Labute approximate surface area is 105 Å². The Morgan fingerprint density at radius 1 is 1.33 bits per heavy atom. The number of nitrogens with two attached hydrogens (primary N) is 1. The number of carboxylic acid groups (broad SMARTS) is 1. The van der Waals surface area contributed by atoms with Gasteiger partial charge < -0.3 is 15.9 Å². The molecule has 8 heteroatoms. The third-order valence-corrected chi connectivity index (χ3v) is 2.70. The van der Waals surface area contributed by atoms with Crippen molar-refractivity contribution >= 4 is 16.1 Å². The SMILES string of the molecule is Cc1ccc(S(=O)(=O)O)cc1.NC(CO)C(=O)O. The minimum absolute atomic E-state index is 0.0666. The summed E-state index contributed by atoms with van der Waals surface area (Å²) in [6.45, 7) is 1.34. The molecule has 18 heavy (non-hydrogen) atoms. The fourth-order valence-corrected chi connectivity index (χ4v) is 1.27. The van der Waals surface area contributed by atoms with Crippen LogP contribution in [0.25, 0.3) is 0 Å². The molecule has 0 bridgehead atoms. The van der Waals surface area contributed by atoms with E-state index in [1.54, 1.807) is 12.1 Å². The second kappa shape index (κ2) is 7.07. The van der Waals surface area contributed by atoms with Crippen molar-refractivity contribution in [2.45, 2.75) is 17.9 Å². The summed E-state index contributed by atoms with van der Waals surface area (Å²) in [6.07, 6.45) is 0. The van der Waals surface area contributed by atoms with Gasteiger partial charge in [-0.3, -0.25) is 9.35 Å². The maximum atomic E-state index is 10.5. The van der Waals surface area contributed by atoms with E-state index in [2.05, 4.69) is 0 Å². The third kappa shape index (κ3) is 6.30. The number of carboxylic acids is 1. The van der Waals surface area contributed by atoms with Gasteiger partial charge in [0.1, 0.15) is 6.04 Å². The maximum absolute atomic E-state index is 10.5. The van der Waals surface area contributed by atoms with Gasteiger partial charge in [-0.2, -0.15) is 8.42 Å². The molecule has 0 aliphatic carbocycles. The summed E-state index contributed by atoms with van der Waals surface area (Å²) in [6, 6.07) is 4.86. The van der Waals surface area contributed by atoms with Gasteiger partial charge in [0, 0.05) is 0 Å². The molecule has 1 aromatic carbocycles. The van der Waals surface area contributed by atoms with Crippen LogP contribution in [0.15, 0.2) is 29.2 Å². The molecular formula is C10H15NO6S. The first-order chi connectivity index (χ1) is 8.18. The number of aliphatic hydroxyl groups excluding tert-OH is 1. The molecule has 1 atom stereocenters. The second-order valence-electron chi connectivity index (χ2n) is 3.42. The molecule has 0 amide bonds. The smallest absolute Gasteiger partial charge is 0.322 e. The molecule has 0 saturated carbocycles. The lowest BCUT2D eigenvalue weighted by Crippen LogP contribution is -2.33. The number of hydrogen-bond donors (Lipinski definition) is 4. The van der Waals surface area contributed by atoms with E-state index in [1.807, 2.05) is 6.92 Å². The summed E-state index contributed by atoms with van der Waals surface area (Å²) in [5, 5.41) is 15.9. The van der Waals surface area contributed by atoms with E-state index in [0.29, 0.717) is 0 Å². The first-order valence-corrected chi connectivity index (χ1v) is 6.26. The van der Waals surface area contributed by atoms with E-state index < -0.39 is 28.7 Å². The Kier molecular flexibility index (Phi) is 6.48. The summed E-state index contributed by atoms with van der Waals surface area (Å²) in [5.41, 5.74) is 5.72. The van der Waals surface area contributed by atoms with Crippen LogP contribution < -0.4 is 5.73 Å². The minimum atomic E-state index is -4.02. The average Bonchev–Trinajstić information content (AvgIpc) is 2.28. The van der Waals surface area contributed by atoms with Crippen LogP contribution in [-0.4, -0.2) is 41.8 Å². The molecule has 0 aromatic heterocycles. The number of hydrogen-bond acceptors (Lipinski definition) is 5. The predicted molar refractivity (Wildman–Crippen MR) is 63.7 cm³/mol. The molecular weight excluding hydrogens is 262 g/mol. The first kappa shape index (κ1) is 16.5. The van der Waals surface area contributed by atoms with E-state index >= 15 is 0 Å². The highest BCUT2D eigenvalue weighted by Gasteiger charge is 2.07. The van der Waals surface area contributed by atoms with Crippen LogP contribution in [0.4, 0.5) is 0 Å². The van der Waals surface area contributed by atoms with Gasteiger partial charge >= 0.3 is 5.97 Å². The van der Waals surface area contributed by atoms with Crippen molar-refractivity contribution in [1.29, 1.82) is 0 Å². The molecule has 0 aliphatic rings. The Morgan fingerprint density at radius 3 is 2.00 bits per heavy atom. The topological polar surface area (TPSA) is 138 Å². The number of aliphatic carboxylic acids is 1. The summed E-state index contributed by atoms with van der Waals surface area (Å²) in [5.74, 6) is -1.18. The molecule has 1 unspecified atom stereocenters. The molecule has 1 rings (SSSR count). The highest BCUT2D eigenvalue weighted by molar-refractivity contribution is 7.85. The van der Waals surface area contributed by atoms with Crippen molar-refractivity contribution in [2.24, 2.45) is 5.73 Å². The summed E-state index contributed by atoms with van der Waals surface area (Å²) in [7, 11) is -4.02. The van der Waals surface area contributed by atoms with Crippen LogP contribution in [0.3, 0.4) is 0 Å². The first-order valence-electron chi connectivity index (χ1n) is 4.82. The minimum Gasteiger partial charge on any atom is -0.480 e. The molecule has 7 nitrogen and oxygen atoms in total. The standard InChI is InChI=1S/C7H8O3S.C3H7NO3/c1-6-2-4-7(5-3-6)11(8,9)10;4-2(1-5)3(6)7/h2-5H,1H3,(H,8,9,10);2,5H,1,4H2,(H,6,7). The van der Waals surface area contributed by atoms with Gasteiger partial charge in [-0.15, -0.1) is 0 Å². The highest BCUT2D eigenvalue weighted by Crippen LogP contribution is 2.08. The number of rotatable bonds is 3. The molecule has 0 heterocycles. The van der Waals surface area contributed by atoms with Crippen LogP contribution in [-0.2, 0) is 14.9 Å². The monoisotopic (exact) mass is 277 g/mol. The Bertz CT molecular complexity index is 482. The van der Waals surface area contributed by atoms with E-state index in [9.17, 15) is 13.2 Å². The number of aryl methyl sites for hydroxylation is 1. The van der Waals surface area contributed by atoms with E-state index in [0.717, 1.165) is 5.56 Å². The van der Waals surface area contributed by atoms with Crippen LogP contribution in [0, 0.1) is 6.92 Å². The Morgan fingerprint density at radius 2 is 1.78 bits per heavy atom. The fourth-order valence-electron chi connectivity index (χ4n) is 0.788. The zero-order valence-corrected chi connectivity index (χ0v) is 10.5. The zero-order valence-electron chi connectivity index (χ0n) is 9.65. The predicted octanol–water partition coefficient (Wildman–Crippen LogP) is -0.368. The summed E-state index contributed by atoms with van der Waals surface area (Å²) < 4.78 is 29.6. The zero-order chi connectivity index (χ0) is 14.3. The number of benzene rings is 1. The average molecular weight is 277 g/mol. The van der Waals surface area contributed by atoms with E-state index in [-0.39, 0.29) is 4.90 Å². The third-order valence-electron chi connectivity index (χ3n) is 1.83. The van der Waals surface area contributed by atoms with Gasteiger partial charge in [-0.1, -0.05) is 17.7 Å². The van der Waals surface area contributed by atoms with Crippen molar-refractivity contribution in [3.63, 3.8) is 0 Å². The largest absolute Gasteiger partial charge is 0.480 e. The van der Waals surface area contributed by atoms with Crippen LogP contribution in [0.5, 0.6) is 0 Å². The maximum Gasteiger partial charge on any atom is 0.322 e. The van der Waals surface area contributed by atoms with Crippen molar-refractivity contribution in [3.05, 3.63) is 29.8 Å². The highest BCUT2D eigenvalue weighted by atomic mass is 32.2. The van der Waals surface area contributed by atoms with Crippen LogP contribution >= 0.6 is 0 Å². The lowest BCUT2D eigenvalue weighted by molar-refractivity contribution is -0.139. The summed E-state index contributed by atoms with van der Waals surface area (Å²) in [4.78, 5) is 9.58. The normalized spacial score (nSPS) is 12.2. The molecule has 0 saturated heterocycles. The van der Waals surface area contributed by atoms with Crippen molar-refractivity contribution in [1.82, 2.24) is 0 Å². The molecule has 5 N–H and O–H groups in total. The van der Waals surface area contributed by atoms with Crippen LogP contribution in [0.2, 0.25) is 0 Å². The van der Waals surface area contributed by atoms with Crippen molar-refractivity contribution < 1.29 is 28.0 Å². The lowest BCUT2D eigenvalue weighted by Gasteiger charge is -1.96. The van der Waals surface area contributed by atoms with E-state index in [4.69, 9.17) is 20.5 Å². The van der Waals surface area contributed by atoms with Crippen LogP contribution in [0.1, 0.15) is 5.56 Å². The Balaban J connectivity index is 0.000000360. The van der Waals surface area contributed by atoms with E-state index in [1.165, 1.54) is 12.1 Å². The van der Waals surface area contributed by atoms with Gasteiger partial charge in [-0.05, 0) is 19.1 Å². The molecule has 0 spiro atoms. The summed E-state index contributed by atoms with van der Waals surface area (Å²) >= 11 is 0. The number of aliphatic hydroxyl groups is 1. The lowest BCUT2D eigenvalue weighted by atomic mass is 10.2. The van der Waals surface area contributed by atoms with Gasteiger partial charge in [0.05, 0.1) is 11.5 Å². The van der Waals surface area contributed by atoms with Crippen molar-refractivity contribution in [2.75, 3.05) is 6.61 Å². The van der Waals surface area contributed by atoms with Crippen molar-refractivity contribution in [3.8, 4) is 0 Å². The molecule has 0 fully saturated rings. The molecule has 0 radical (unpaired) electrons. The molecule has 0 aliphatic heterocycles. The van der Waals surface area contributed by atoms with Gasteiger partial charge in [-0.25, -0.2) is 0 Å². The Hall–Kier alpha value is -1.48. The molecule has 1 aromatic rings. The second-order valence-corrected chi connectivity index (χ2v) is 4.84. The van der Waals surface area contributed by atoms with Gasteiger partial charge in [0.25, 0.3) is 10.1 Å². The number of carbonyl (C=O) groups is 1. The fraction of sp³-hybridized carbons (Fsp3) is 0.300. The quantitative estimate of drug-likeness (QED) is 0.553.